The number of benzene rings is 1. The number of ether oxygens (including phenoxy) is 2. The van der Waals surface area contributed by atoms with Gasteiger partial charge < -0.3 is 14.8 Å². The summed E-state index contributed by atoms with van der Waals surface area (Å²) in [6.45, 7) is 0.973. The number of carbonyl (C=O) groups excluding carboxylic acids is 2. The normalized spacial score (nSPS) is 17.5. The van der Waals surface area contributed by atoms with Crippen LogP contribution in [-0.4, -0.2) is 37.9 Å². The van der Waals surface area contributed by atoms with Crippen LogP contribution in [-0.2, 0) is 14.3 Å². The topological polar surface area (TPSA) is 76.7 Å². The van der Waals surface area contributed by atoms with Gasteiger partial charge in [-0.05, 0) is 29.1 Å². The van der Waals surface area contributed by atoms with Crippen LogP contribution in [0.5, 0.6) is 0 Å². The van der Waals surface area contributed by atoms with E-state index < -0.39 is 18.0 Å². The van der Waals surface area contributed by atoms with E-state index in [2.05, 4.69) is 10.6 Å². The van der Waals surface area contributed by atoms with E-state index >= 15 is 0 Å². The summed E-state index contributed by atoms with van der Waals surface area (Å²) in [7, 11) is 0. The number of rotatable bonds is 3. The summed E-state index contributed by atoms with van der Waals surface area (Å²) < 4.78 is 10.4. The predicted octanol–water partition coefficient (Wildman–Crippen LogP) is 2.48. The summed E-state index contributed by atoms with van der Waals surface area (Å²) in [6, 6.07) is 10.8. The second-order valence-electron chi connectivity index (χ2n) is 4.94. The lowest BCUT2D eigenvalue weighted by atomic mass is 10.1. The van der Waals surface area contributed by atoms with Crippen molar-refractivity contribution in [3.8, 4) is 10.4 Å². The first kappa shape index (κ1) is 15.7. The summed E-state index contributed by atoms with van der Waals surface area (Å²) >= 11 is 1.62. The standard InChI is InChI=1S/C16H16N2O4S/c19-15(13-10-21-6-7-22-13)18-16(20)17-12-4-1-3-11(9-12)14-5-2-8-23-14/h1-5,8-9,13H,6-7,10H2,(H2,17,18,19,20). The molecule has 6 nitrogen and oxygen atoms in total. The minimum absolute atomic E-state index is 0.160. The first-order valence-electron chi connectivity index (χ1n) is 7.17. The number of nitrogens with one attached hydrogen (secondary N) is 2. The van der Waals surface area contributed by atoms with E-state index in [9.17, 15) is 9.59 Å². The molecule has 1 aliphatic heterocycles. The van der Waals surface area contributed by atoms with Crippen molar-refractivity contribution in [1.82, 2.24) is 5.32 Å². The highest BCUT2D eigenvalue weighted by Gasteiger charge is 2.24. The van der Waals surface area contributed by atoms with Crippen molar-refractivity contribution in [1.29, 1.82) is 0 Å². The highest BCUT2D eigenvalue weighted by molar-refractivity contribution is 7.13. The molecule has 3 amide bonds. The summed E-state index contributed by atoms with van der Waals surface area (Å²) in [4.78, 5) is 24.9. The van der Waals surface area contributed by atoms with Gasteiger partial charge in [-0.3, -0.25) is 10.1 Å². The van der Waals surface area contributed by atoms with Crippen LogP contribution in [0, 0.1) is 0 Å². The largest absolute Gasteiger partial charge is 0.376 e. The Balaban J connectivity index is 1.59. The average molecular weight is 332 g/mol. The molecule has 23 heavy (non-hydrogen) atoms. The zero-order chi connectivity index (χ0) is 16.1. The summed E-state index contributed by atoms with van der Waals surface area (Å²) in [5, 5.41) is 6.91. The zero-order valence-electron chi connectivity index (χ0n) is 12.3. The highest BCUT2D eigenvalue weighted by atomic mass is 32.1. The Kier molecular flexibility index (Phi) is 5.02. The van der Waals surface area contributed by atoms with Gasteiger partial charge in [0.2, 0.25) is 0 Å². The van der Waals surface area contributed by atoms with Gasteiger partial charge in [-0.2, -0.15) is 0 Å². The Morgan fingerprint density at radius 3 is 2.83 bits per heavy atom. The predicted molar refractivity (Wildman–Crippen MR) is 87.5 cm³/mol. The number of amides is 3. The number of hydrogen-bond donors (Lipinski definition) is 2. The van der Waals surface area contributed by atoms with Crippen LogP contribution in [0.25, 0.3) is 10.4 Å². The van der Waals surface area contributed by atoms with E-state index in [1.807, 2.05) is 35.7 Å². The summed E-state index contributed by atoms with van der Waals surface area (Å²) in [5.74, 6) is -0.503. The lowest BCUT2D eigenvalue weighted by Crippen LogP contribution is -2.46. The molecule has 0 spiro atoms. The summed E-state index contributed by atoms with van der Waals surface area (Å²) in [5.41, 5.74) is 1.62. The van der Waals surface area contributed by atoms with Crippen molar-refractivity contribution < 1.29 is 19.1 Å². The highest BCUT2D eigenvalue weighted by Crippen LogP contribution is 2.26. The first-order chi connectivity index (χ1) is 11.2. The maximum atomic E-state index is 11.9. The molecule has 1 aromatic carbocycles. The molecule has 1 atom stereocenters. The van der Waals surface area contributed by atoms with Crippen molar-refractivity contribution in [2.45, 2.75) is 6.10 Å². The molecule has 0 bridgehead atoms. The second kappa shape index (κ2) is 7.36. The van der Waals surface area contributed by atoms with E-state index in [4.69, 9.17) is 9.47 Å². The number of hydrogen-bond acceptors (Lipinski definition) is 5. The van der Waals surface area contributed by atoms with Gasteiger partial charge in [0.25, 0.3) is 5.91 Å². The molecular weight excluding hydrogens is 316 g/mol. The van der Waals surface area contributed by atoms with Gasteiger partial charge >= 0.3 is 6.03 Å². The van der Waals surface area contributed by atoms with Gasteiger partial charge in [-0.25, -0.2) is 4.79 Å². The third kappa shape index (κ3) is 4.16. The second-order valence-corrected chi connectivity index (χ2v) is 5.88. The SMILES string of the molecule is O=C(NC(=O)C1COCCO1)Nc1cccc(-c2cccs2)c1. The van der Waals surface area contributed by atoms with Crippen molar-refractivity contribution in [2.75, 3.05) is 25.1 Å². The molecular formula is C16H16N2O4S. The number of carbonyl (C=O) groups is 2. The third-order valence-corrected chi connectivity index (χ3v) is 4.19. The van der Waals surface area contributed by atoms with Crippen molar-refractivity contribution in [3.05, 3.63) is 41.8 Å². The molecule has 120 valence electrons. The fourth-order valence-electron chi connectivity index (χ4n) is 2.19. The number of urea groups is 1. The van der Waals surface area contributed by atoms with Crippen LogP contribution in [0.3, 0.4) is 0 Å². The maximum absolute atomic E-state index is 11.9. The molecule has 1 saturated heterocycles. The minimum atomic E-state index is -0.744. The van der Waals surface area contributed by atoms with E-state index in [1.165, 1.54) is 0 Å². The van der Waals surface area contributed by atoms with Crippen LogP contribution in [0.1, 0.15) is 0 Å². The van der Waals surface area contributed by atoms with Crippen LogP contribution >= 0.6 is 11.3 Å². The van der Waals surface area contributed by atoms with E-state index in [-0.39, 0.29) is 6.61 Å². The Morgan fingerprint density at radius 2 is 2.09 bits per heavy atom. The van der Waals surface area contributed by atoms with Crippen molar-refractivity contribution in [3.63, 3.8) is 0 Å². The number of imide groups is 1. The fraction of sp³-hybridized carbons (Fsp3) is 0.250. The van der Waals surface area contributed by atoms with Crippen LogP contribution in [0.15, 0.2) is 41.8 Å². The lowest BCUT2D eigenvalue weighted by Gasteiger charge is -2.21. The van der Waals surface area contributed by atoms with Gasteiger partial charge in [0.05, 0.1) is 19.8 Å². The molecule has 7 heteroatoms. The molecule has 3 rings (SSSR count). The van der Waals surface area contributed by atoms with Gasteiger partial charge in [0.15, 0.2) is 6.10 Å². The van der Waals surface area contributed by atoms with Gasteiger partial charge in [0.1, 0.15) is 0 Å². The molecule has 1 unspecified atom stereocenters. The van der Waals surface area contributed by atoms with Crippen molar-refractivity contribution >= 4 is 29.0 Å². The average Bonchev–Trinajstić information content (AvgIpc) is 3.10. The van der Waals surface area contributed by atoms with E-state index in [1.54, 1.807) is 17.4 Å². The number of anilines is 1. The fourth-order valence-corrected chi connectivity index (χ4v) is 2.91. The Morgan fingerprint density at radius 1 is 1.17 bits per heavy atom. The smallest absolute Gasteiger partial charge is 0.325 e. The molecule has 2 N–H and O–H groups in total. The van der Waals surface area contributed by atoms with Crippen molar-refractivity contribution in [2.24, 2.45) is 0 Å². The molecule has 1 aliphatic rings. The summed E-state index contributed by atoms with van der Waals surface area (Å²) in [6.07, 6.45) is -0.744. The maximum Gasteiger partial charge on any atom is 0.325 e. The van der Waals surface area contributed by atoms with Gasteiger partial charge in [0, 0.05) is 10.6 Å². The van der Waals surface area contributed by atoms with Crippen LogP contribution < -0.4 is 10.6 Å². The zero-order valence-corrected chi connectivity index (χ0v) is 13.1. The molecule has 2 aromatic rings. The van der Waals surface area contributed by atoms with E-state index in [0.717, 1.165) is 10.4 Å². The molecule has 0 radical (unpaired) electrons. The first-order valence-corrected chi connectivity index (χ1v) is 8.05. The quantitative estimate of drug-likeness (QED) is 0.905. The Bertz CT molecular complexity index is 681. The van der Waals surface area contributed by atoms with Gasteiger partial charge in [-0.15, -0.1) is 11.3 Å². The molecule has 1 fully saturated rings. The monoisotopic (exact) mass is 332 g/mol. The van der Waals surface area contributed by atoms with Crippen LogP contribution in [0.4, 0.5) is 10.5 Å². The Hall–Kier alpha value is -2.22. The van der Waals surface area contributed by atoms with Crippen LogP contribution in [0.2, 0.25) is 0 Å². The molecule has 0 aliphatic carbocycles. The third-order valence-electron chi connectivity index (χ3n) is 3.27. The van der Waals surface area contributed by atoms with E-state index in [0.29, 0.717) is 18.9 Å². The molecule has 0 saturated carbocycles. The van der Waals surface area contributed by atoms with Gasteiger partial charge in [-0.1, -0.05) is 18.2 Å². The molecule has 2 heterocycles. The Labute approximate surface area is 137 Å². The number of thiophene rings is 1. The lowest BCUT2D eigenvalue weighted by molar-refractivity contribution is -0.146. The minimum Gasteiger partial charge on any atom is -0.376 e. The molecule has 1 aromatic heterocycles.